The van der Waals surface area contributed by atoms with E-state index in [1.165, 1.54) is 23.1 Å². The van der Waals surface area contributed by atoms with Crippen LogP contribution >= 0.6 is 15.9 Å². The molecule has 0 radical (unpaired) electrons. The van der Waals surface area contributed by atoms with E-state index in [-0.39, 0.29) is 16.3 Å². The standard InChI is InChI=1S/C15H18BrFN2O2/c1-4-15(5-2)14(21)19(9(3)13(20)18-15)10-6-7-12(17)11(16)8-10/h6-9H,4-5H2,1-3H3,(H,18,20). The molecule has 1 unspecified atom stereocenters. The third-order valence-electron chi connectivity index (χ3n) is 4.15. The summed E-state index contributed by atoms with van der Waals surface area (Å²) in [4.78, 5) is 26.5. The van der Waals surface area contributed by atoms with Crippen molar-refractivity contribution in [2.45, 2.75) is 45.2 Å². The normalized spacial score (nSPS) is 21.4. The zero-order valence-electron chi connectivity index (χ0n) is 12.2. The highest BCUT2D eigenvalue weighted by molar-refractivity contribution is 9.10. The molecular weight excluding hydrogens is 339 g/mol. The Hall–Kier alpha value is -1.43. The monoisotopic (exact) mass is 356 g/mol. The molecule has 1 heterocycles. The molecule has 1 aliphatic rings. The Morgan fingerprint density at radius 3 is 2.48 bits per heavy atom. The first-order chi connectivity index (χ1) is 9.86. The van der Waals surface area contributed by atoms with Gasteiger partial charge in [-0.25, -0.2) is 4.39 Å². The highest BCUT2D eigenvalue weighted by atomic mass is 79.9. The number of rotatable bonds is 3. The topological polar surface area (TPSA) is 49.4 Å². The minimum absolute atomic E-state index is 0.155. The summed E-state index contributed by atoms with van der Waals surface area (Å²) in [6.45, 7) is 5.41. The molecule has 0 aromatic heterocycles. The predicted molar refractivity (Wildman–Crippen MR) is 82.5 cm³/mol. The number of nitrogens with zero attached hydrogens (tertiary/aromatic N) is 1. The Bertz CT molecular complexity index is 587. The molecule has 21 heavy (non-hydrogen) atoms. The van der Waals surface area contributed by atoms with Crippen LogP contribution in [-0.2, 0) is 9.59 Å². The lowest BCUT2D eigenvalue weighted by Gasteiger charge is -2.44. The van der Waals surface area contributed by atoms with Crippen LogP contribution in [0.1, 0.15) is 33.6 Å². The van der Waals surface area contributed by atoms with Crippen molar-refractivity contribution < 1.29 is 14.0 Å². The number of hydrogen-bond donors (Lipinski definition) is 1. The molecule has 1 aromatic rings. The van der Waals surface area contributed by atoms with Crippen molar-refractivity contribution in [2.75, 3.05) is 4.90 Å². The number of benzene rings is 1. The van der Waals surface area contributed by atoms with Gasteiger partial charge in [-0.15, -0.1) is 0 Å². The van der Waals surface area contributed by atoms with Crippen LogP contribution in [0.2, 0.25) is 0 Å². The molecule has 0 bridgehead atoms. The van der Waals surface area contributed by atoms with E-state index in [1.54, 1.807) is 6.92 Å². The number of piperazine rings is 1. The molecule has 6 heteroatoms. The van der Waals surface area contributed by atoms with Gasteiger partial charge in [-0.3, -0.25) is 14.5 Å². The van der Waals surface area contributed by atoms with Crippen molar-refractivity contribution in [3.63, 3.8) is 0 Å². The Morgan fingerprint density at radius 2 is 1.95 bits per heavy atom. The van der Waals surface area contributed by atoms with Crippen molar-refractivity contribution in [3.8, 4) is 0 Å². The van der Waals surface area contributed by atoms with E-state index in [9.17, 15) is 14.0 Å². The summed E-state index contributed by atoms with van der Waals surface area (Å²) >= 11 is 3.12. The average molecular weight is 357 g/mol. The predicted octanol–water partition coefficient (Wildman–Crippen LogP) is 3.00. The van der Waals surface area contributed by atoms with Gasteiger partial charge in [0.15, 0.2) is 0 Å². The van der Waals surface area contributed by atoms with Crippen LogP contribution in [0, 0.1) is 5.82 Å². The molecular formula is C15H18BrFN2O2. The van der Waals surface area contributed by atoms with E-state index in [0.29, 0.717) is 18.5 Å². The first-order valence-electron chi connectivity index (χ1n) is 6.97. The summed E-state index contributed by atoms with van der Waals surface area (Å²) in [5.41, 5.74) is -0.369. The van der Waals surface area contributed by atoms with E-state index >= 15 is 0 Å². The van der Waals surface area contributed by atoms with Crippen molar-refractivity contribution in [3.05, 3.63) is 28.5 Å². The van der Waals surface area contributed by atoms with Gasteiger partial charge in [0, 0.05) is 5.69 Å². The van der Waals surface area contributed by atoms with Crippen LogP contribution in [0.4, 0.5) is 10.1 Å². The lowest BCUT2D eigenvalue weighted by Crippen LogP contribution is -2.69. The number of carbonyl (C=O) groups is 2. The molecule has 2 amide bonds. The van der Waals surface area contributed by atoms with E-state index in [1.807, 2.05) is 13.8 Å². The molecule has 2 rings (SSSR count). The highest BCUT2D eigenvalue weighted by Crippen LogP contribution is 2.31. The smallest absolute Gasteiger partial charge is 0.253 e. The maximum absolute atomic E-state index is 13.4. The van der Waals surface area contributed by atoms with Crippen LogP contribution in [-0.4, -0.2) is 23.4 Å². The second kappa shape index (κ2) is 5.75. The zero-order valence-corrected chi connectivity index (χ0v) is 13.8. The Balaban J connectivity index is 2.50. The van der Waals surface area contributed by atoms with Gasteiger partial charge in [-0.05, 0) is 53.9 Å². The third kappa shape index (κ3) is 2.57. The van der Waals surface area contributed by atoms with Crippen LogP contribution in [0.25, 0.3) is 0 Å². The largest absolute Gasteiger partial charge is 0.340 e. The lowest BCUT2D eigenvalue weighted by atomic mass is 9.87. The van der Waals surface area contributed by atoms with Crippen molar-refractivity contribution in [1.82, 2.24) is 5.32 Å². The molecule has 0 aliphatic carbocycles. The fraction of sp³-hybridized carbons (Fsp3) is 0.467. The van der Waals surface area contributed by atoms with Gasteiger partial charge in [0.25, 0.3) is 5.91 Å². The summed E-state index contributed by atoms with van der Waals surface area (Å²) in [7, 11) is 0. The van der Waals surface area contributed by atoms with E-state index in [2.05, 4.69) is 21.2 Å². The Labute approximate surface area is 131 Å². The lowest BCUT2D eigenvalue weighted by molar-refractivity contribution is -0.138. The number of anilines is 1. The first kappa shape index (κ1) is 15.9. The number of amides is 2. The minimum Gasteiger partial charge on any atom is -0.340 e. The van der Waals surface area contributed by atoms with Gasteiger partial charge in [-0.2, -0.15) is 0 Å². The number of halogens is 2. The Kier molecular flexibility index (Phi) is 4.37. The van der Waals surface area contributed by atoms with Gasteiger partial charge in [0.2, 0.25) is 5.91 Å². The number of hydrogen-bond acceptors (Lipinski definition) is 2. The highest BCUT2D eigenvalue weighted by Gasteiger charge is 2.47. The SMILES string of the molecule is CCC1(CC)NC(=O)C(C)N(c2ccc(F)c(Br)c2)C1=O. The van der Waals surface area contributed by atoms with Crippen LogP contribution in [0.5, 0.6) is 0 Å². The van der Waals surface area contributed by atoms with Gasteiger partial charge in [-0.1, -0.05) is 13.8 Å². The molecule has 4 nitrogen and oxygen atoms in total. The van der Waals surface area contributed by atoms with Gasteiger partial charge < -0.3 is 5.32 Å². The number of nitrogens with one attached hydrogen (secondary N) is 1. The van der Waals surface area contributed by atoms with Crippen LogP contribution in [0.3, 0.4) is 0 Å². The summed E-state index contributed by atoms with van der Waals surface area (Å²) in [6, 6.07) is 3.70. The van der Waals surface area contributed by atoms with E-state index < -0.39 is 17.4 Å². The fourth-order valence-electron chi connectivity index (χ4n) is 2.62. The van der Waals surface area contributed by atoms with E-state index in [0.717, 1.165) is 0 Å². The summed E-state index contributed by atoms with van der Waals surface area (Å²) < 4.78 is 13.7. The first-order valence-corrected chi connectivity index (χ1v) is 7.76. The fourth-order valence-corrected chi connectivity index (χ4v) is 2.99. The molecule has 1 atom stereocenters. The third-order valence-corrected chi connectivity index (χ3v) is 4.75. The minimum atomic E-state index is -0.884. The Morgan fingerprint density at radius 1 is 1.33 bits per heavy atom. The molecule has 1 saturated heterocycles. The second-order valence-electron chi connectivity index (χ2n) is 5.23. The van der Waals surface area contributed by atoms with Crippen LogP contribution in [0.15, 0.2) is 22.7 Å². The molecule has 1 aromatic carbocycles. The molecule has 1 N–H and O–H groups in total. The summed E-state index contributed by atoms with van der Waals surface area (Å²) in [5.74, 6) is -0.755. The molecule has 114 valence electrons. The molecule has 1 fully saturated rings. The van der Waals surface area contributed by atoms with Crippen molar-refractivity contribution >= 4 is 33.4 Å². The zero-order chi connectivity index (χ0) is 15.8. The van der Waals surface area contributed by atoms with Gasteiger partial charge >= 0.3 is 0 Å². The van der Waals surface area contributed by atoms with Crippen molar-refractivity contribution in [2.24, 2.45) is 0 Å². The molecule has 1 aliphatic heterocycles. The summed E-state index contributed by atoms with van der Waals surface area (Å²) in [6.07, 6.45) is 1.03. The number of carbonyl (C=O) groups excluding carboxylic acids is 2. The molecule has 0 spiro atoms. The van der Waals surface area contributed by atoms with Gasteiger partial charge in [0.05, 0.1) is 4.47 Å². The van der Waals surface area contributed by atoms with E-state index in [4.69, 9.17) is 0 Å². The van der Waals surface area contributed by atoms with Crippen LogP contribution < -0.4 is 10.2 Å². The van der Waals surface area contributed by atoms with Gasteiger partial charge in [0.1, 0.15) is 17.4 Å². The van der Waals surface area contributed by atoms with Crippen molar-refractivity contribution in [1.29, 1.82) is 0 Å². The quantitative estimate of drug-likeness (QED) is 0.904. The second-order valence-corrected chi connectivity index (χ2v) is 6.08. The summed E-state index contributed by atoms with van der Waals surface area (Å²) in [5, 5.41) is 2.84. The maximum atomic E-state index is 13.4. The average Bonchev–Trinajstić information content (AvgIpc) is 2.47. The molecule has 0 saturated carbocycles. The maximum Gasteiger partial charge on any atom is 0.253 e.